The Labute approximate surface area is 271 Å². The van der Waals surface area contributed by atoms with Crippen LogP contribution >= 0.6 is 0 Å². The number of hydrogen-bond acceptors (Lipinski definition) is 6. The number of nitrogens with zero attached hydrogens (tertiary/aromatic N) is 5. The van der Waals surface area contributed by atoms with Crippen LogP contribution in [0.5, 0.6) is 5.88 Å². The standard InChI is InChI=1S/C41H27N5O/c47-41-22-38(37-19-35(30-7-3-13-44-25-30)18-36(20-37)31-8-4-14-45-26-31)39-21-27(9-10-40(39)46-41)32-15-33(28-5-1-11-42-23-28)17-34(16-32)29-6-2-12-43-24-29/h1-26H,(H,46,47). The van der Waals surface area contributed by atoms with Crippen molar-refractivity contribution in [1.82, 2.24) is 24.9 Å². The molecule has 0 amide bonds. The van der Waals surface area contributed by atoms with E-state index in [0.717, 1.165) is 72.1 Å². The van der Waals surface area contributed by atoms with Gasteiger partial charge in [0, 0.05) is 83.3 Å². The summed E-state index contributed by atoms with van der Waals surface area (Å²) < 4.78 is 0. The Morgan fingerprint density at radius 1 is 0.362 bits per heavy atom. The second-order valence-corrected chi connectivity index (χ2v) is 11.3. The second kappa shape index (κ2) is 12.1. The van der Waals surface area contributed by atoms with Crippen molar-refractivity contribution in [3.8, 4) is 72.6 Å². The fourth-order valence-electron chi connectivity index (χ4n) is 6.01. The molecule has 3 aromatic carbocycles. The molecule has 1 N–H and O–H groups in total. The Hall–Kier alpha value is -6.53. The van der Waals surface area contributed by atoms with E-state index in [2.05, 4.69) is 97.7 Å². The first-order chi connectivity index (χ1) is 23.2. The van der Waals surface area contributed by atoms with Crippen molar-refractivity contribution in [2.45, 2.75) is 0 Å². The van der Waals surface area contributed by atoms with Crippen molar-refractivity contribution < 1.29 is 5.11 Å². The lowest BCUT2D eigenvalue weighted by Gasteiger charge is -2.15. The van der Waals surface area contributed by atoms with E-state index in [9.17, 15) is 5.11 Å². The fraction of sp³-hybridized carbons (Fsp3) is 0. The first-order valence-electron chi connectivity index (χ1n) is 15.2. The molecule has 0 fully saturated rings. The summed E-state index contributed by atoms with van der Waals surface area (Å²) in [6.45, 7) is 0. The van der Waals surface area contributed by atoms with Crippen LogP contribution in [-0.2, 0) is 0 Å². The summed E-state index contributed by atoms with van der Waals surface area (Å²) >= 11 is 0. The molecule has 5 heterocycles. The molecule has 47 heavy (non-hydrogen) atoms. The average Bonchev–Trinajstić information content (AvgIpc) is 3.15. The molecule has 0 bridgehead atoms. The van der Waals surface area contributed by atoms with Gasteiger partial charge in [-0.15, -0.1) is 0 Å². The van der Waals surface area contributed by atoms with Gasteiger partial charge in [-0.2, -0.15) is 0 Å². The third kappa shape index (κ3) is 5.72. The van der Waals surface area contributed by atoms with Gasteiger partial charge in [-0.1, -0.05) is 30.3 Å². The molecule has 222 valence electrons. The maximum Gasteiger partial charge on any atom is 0.211 e. The van der Waals surface area contributed by atoms with Crippen LogP contribution in [0, 0.1) is 0 Å². The molecule has 0 saturated heterocycles. The Kier molecular flexibility index (Phi) is 7.21. The Bertz CT molecular complexity index is 2230. The van der Waals surface area contributed by atoms with Crippen molar-refractivity contribution in [2.75, 3.05) is 0 Å². The van der Waals surface area contributed by atoms with Crippen LogP contribution in [0.3, 0.4) is 0 Å². The molecule has 8 aromatic rings. The lowest BCUT2D eigenvalue weighted by atomic mass is 9.91. The topological polar surface area (TPSA) is 84.7 Å². The minimum atomic E-state index is -0.0348. The second-order valence-electron chi connectivity index (χ2n) is 11.3. The van der Waals surface area contributed by atoms with Crippen molar-refractivity contribution in [3.05, 3.63) is 159 Å². The zero-order valence-corrected chi connectivity index (χ0v) is 25.2. The Morgan fingerprint density at radius 2 is 0.766 bits per heavy atom. The predicted molar refractivity (Wildman–Crippen MR) is 187 cm³/mol. The molecule has 6 heteroatoms. The fourth-order valence-corrected chi connectivity index (χ4v) is 6.01. The van der Waals surface area contributed by atoms with E-state index in [-0.39, 0.29) is 5.88 Å². The number of aromatic hydroxyl groups is 1. The summed E-state index contributed by atoms with van der Waals surface area (Å²) in [4.78, 5) is 22.0. The zero-order chi connectivity index (χ0) is 31.6. The molecule has 0 aliphatic carbocycles. The maximum atomic E-state index is 10.8. The van der Waals surface area contributed by atoms with E-state index < -0.39 is 0 Å². The molecule has 0 unspecified atom stereocenters. The van der Waals surface area contributed by atoms with Crippen molar-refractivity contribution in [3.63, 3.8) is 0 Å². The third-order valence-corrected chi connectivity index (χ3v) is 8.29. The quantitative estimate of drug-likeness (QED) is 0.203. The Balaban J connectivity index is 1.33. The van der Waals surface area contributed by atoms with Gasteiger partial charge in [0.2, 0.25) is 5.88 Å². The number of fused-ring (bicyclic) bond motifs is 1. The number of aromatic nitrogens is 5. The summed E-state index contributed by atoms with van der Waals surface area (Å²) in [5.41, 5.74) is 12.8. The summed E-state index contributed by atoms with van der Waals surface area (Å²) in [6, 6.07) is 36.9. The largest absolute Gasteiger partial charge is 0.493 e. The molecular weight excluding hydrogens is 578 g/mol. The van der Waals surface area contributed by atoms with Gasteiger partial charge in [-0.25, -0.2) is 4.98 Å². The van der Waals surface area contributed by atoms with E-state index in [1.165, 1.54) is 0 Å². The first-order valence-corrected chi connectivity index (χ1v) is 15.2. The monoisotopic (exact) mass is 605 g/mol. The predicted octanol–water partition coefficient (Wildman–Crippen LogP) is 9.52. The summed E-state index contributed by atoms with van der Waals surface area (Å²) in [7, 11) is 0. The van der Waals surface area contributed by atoms with E-state index in [0.29, 0.717) is 5.52 Å². The highest BCUT2D eigenvalue weighted by atomic mass is 16.3. The van der Waals surface area contributed by atoms with Crippen LogP contribution in [0.2, 0.25) is 0 Å². The summed E-state index contributed by atoms with van der Waals surface area (Å²) in [5, 5.41) is 11.7. The highest BCUT2D eigenvalue weighted by Crippen LogP contribution is 2.39. The van der Waals surface area contributed by atoms with Crippen LogP contribution in [-0.4, -0.2) is 30.0 Å². The van der Waals surface area contributed by atoms with E-state index in [4.69, 9.17) is 0 Å². The smallest absolute Gasteiger partial charge is 0.211 e. The van der Waals surface area contributed by atoms with E-state index in [1.54, 1.807) is 30.9 Å². The molecule has 0 aliphatic rings. The molecule has 0 saturated carbocycles. The highest BCUT2D eigenvalue weighted by Gasteiger charge is 2.15. The molecule has 0 aliphatic heterocycles. The SMILES string of the molecule is Oc1cc(-c2cc(-c3cccnc3)cc(-c3cccnc3)c2)c2cc(-c3cc(-c4cccnc4)cc(-c4cccnc4)c3)ccc2n1. The Morgan fingerprint density at radius 3 is 1.17 bits per heavy atom. The summed E-state index contributed by atoms with van der Waals surface area (Å²) in [5.74, 6) is -0.0348. The van der Waals surface area contributed by atoms with Crippen LogP contribution in [0.1, 0.15) is 0 Å². The van der Waals surface area contributed by atoms with Gasteiger partial charge < -0.3 is 5.11 Å². The number of benzene rings is 3. The number of hydrogen-bond donors (Lipinski definition) is 1. The minimum absolute atomic E-state index is 0.0348. The van der Waals surface area contributed by atoms with Gasteiger partial charge in [0.1, 0.15) is 0 Å². The molecule has 0 radical (unpaired) electrons. The lowest BCUT2D eigenvalue weighted by Crippen LogP contribution is -1.91. The molecule has 6 nitrogen and oxygen atoms in total. The van der Waals surface area contributed by atoms with Crippen LogP contribution in [0.4, 0.5) is 0 Å². The first kappa shape index (κ1) is 28.0. The summed E-state index contributed by atoms with van der Waals surface area (Å²) in [6.07, 6.45) is 14.6. The number of pyridine rings is 5. The van der Waals surface area contributed by atoms with Crippen molar-refractivity contribution in [2.24, 2.45) is 0 Å². The van der Waals surface area contributed by atoms with Gasteiger partial charge >= 0.3 is 0 Å². The highest BCUT2D eigenvalue weighted by molar-refractivity contribution is 5.99. The van der Waals surface area contributed by atoms with Gasteiger partial charge in [0.15, 0.2) is 0 Å². The minimum Gasteiger partial charge on any atom is -0.493 e. The average molecular weight is 606 g/mol. The number of rotatable bonds is 6. The van der Waals surface area contributed by atoms with Crippen LogP contribution < -0.4 is 0 Å². The molecule has 0 spiro atoms. The third-order valence-electron chi connectivity index (χ3n) is 8.29. The van der Waals surface area contributed by atoms with Gasteiger partial charge in [-0.05, 0) is 117 Å². The lowest BCUT2D eigenvalue weighted by molar-refractivity contribution is 0.456. The molecule has 8 rings (SSSR count). The van der Waals surface area contributed by atoms with Crippen molar-refractivity contribution in [1.29, 1.82) is 0 Å². The van der Waals surface area contributed by atoms with Gasteiger partial charge in [-0.3, -0.25) is 19.9 Å². The molecular formula is C41H27N5O. The van der Waals surface area contributed by atoms with E-state index in [1.807, 2.05) is 55.1 Å². The molecule has 0 atom stereocenters. The van der Waals surface area contributed by atoms with E-state index >= 15 is 0 Å². The van der Waals surface area contributed by atoms with Crippen LogP contribution in [0.25, 0.3) is 77.7 Å². The van der Waals surface area contributed by atoms with Gasteiger partial charge in [0.05, 0.1) is 5.52 Å². The normalized spacial score (nSPS) is 11.1. The molecule has 5 aromatic heterocycles. The maximum absolute atomic E-state index is 10.8. The van der Waals surface area contributed by atoms with Crippen molar-refractivity contribution >= 4 is 10.9 Å². The zero-order valence-electron chi connectivity index (χ0n) is 25.2. The van der Waals surface area contributed by atoms with Gasteiger partial charge in [0.25, 0.3) is 0 Å². The van der Waals surface area contributed by atoms with Crippen LogP contribution in [0.15, 0.2) is 159 Å².